The van der Waals surface area contributed by atoms with Gasteiger partial charge in [-0.25, -0.2) is 4.39 Å². The summed E-state index contributed by atoms with van der Waals surface area (Å²) in [4.78, 5) is 23.9. The van der Waals surface area contributed by atoms with Gasteiger partial charge in [-0.3, -0.25) is 14.8 Å². The molecule has 1 fully saturated rings. The fourth-order valence-corrected chi connectivity index (χ4v) is 3.80. The highest BCUT2D eigenvalue weighted by molar-refractivity contribution is 5.94. The van der Waals surface area contributed by atoms with Gasteiger partial charge in [0.2, 0.25) is 0 Å². The van der Waals surface area contributed by atoms with Crippen LogP contribution in [0.1, 0.15) is 34.8 Å². The zero-order valence-corrected chi connectivity index (χ0v) is 16.2. The molecule has 0 aliphatic carbocycles. The summed E-state index contributed by atoms with van der Waals surface area (Å²) in [7, 11) is 1.64. The van der Waals surface area contributed by atoms with E-state index in [0.717, 1.165) is 35.5 Å². The third-order valence-corrected chi connectivity index (χ3v) is 5.26. The van der Waals surface area contributed by atoms with Crippen LogP contribution in [0, 0.1) is 5.82 Å². The Bertz CT molecular complexity index is 1010. The maximum atomic E-state index is 13.2. The summed E-state index contributed by atoms with van der Waals surface area (Å²) in [5, 5.41) is 0. The van der Waals surface area contributed by atoms with E-state index in [2.05, 4.69) is 9.97 Å². The third kappa shape index (κ3) is 4.11. The summed E-state index contributed by atoms with van der Waals surface area (Å²) >= 11 is 0. The van der Waals surface area contributed by atoms with E-state index in [4.69, 9.17) is 4.74 Å². The van der Waals surface area contributed by atoms with Gasteiger partial charge in [0.05, 0.1) is 18.5 Å². The first-order valence-corrected chi connectivity index (χ1v) is 9.66. The van der Waals surface area contributed by atoms with Gasteiger partial charge in [-0.2, -0.15) is 0 Å². The fourth-order valence-electron chi connectivity index (χ4n) is 3.80. The van der Waals surface area contributed by atoms with Crippen molar-refractivity contribution in [3.8, 4) is 17.0 Å². The molecule has 5 nitrogen and oxygen atoms in total. The normalized spacial score (nSPS) is 16.5. The van der Waals surface area contributed by atoms with E-state index in [1.165, 1.54) is 24.3 Å². The SMILES string of the molecule is COc1cccc(-c2nccnc2C2CCCN(C(=O)c3ccc(F)cc3)C2)c1. The van der Waals surface area contributed by atoms with E-state index in [1.807, 2.05) is 29.2 Å². The van der Waals surface area contributed by atoms with E-state index in [9.17, 15) is 9.18 Å². The summed E-state index contributed by atoms with van der Waals surface area (Å²) in [6, 6.07) is 13.5. The van der Waals surface area contributed by atoms with Gasteiger partial charge in [-0.15, -0.1) is 0 Å². The first kappa shape index (κ1) is 19.1. The van der Waals surface area contributed by atoms with Gasteiger partial charge < -0.3 is 9.64 Å². The predicted octanol–water partition coefficient (Wildman–Crippen LogP) is 4.31. The summed E-state index contributed by atoms with van der Waals surface area (Å²) in [5.74, 6) is 0.418. The lowest BCUT2D eigenvalue weighted by molar-refractivity contribution is 0.0706. The molecule has 0 saturated carbocycles. The van der Waals surface area contributed by atoms with Crippen LogP contribution in [0.3, 0.4) is 0 Å². The topological polar surface area (TPSA) is 55.3 Å². The second-order valence-corrected chi connectivity index (χ2v) is 7.12. The van der Waals surface area contributed by atoms with Gasteiger partial charge in [0, 0.05) is 42.5 Å². The smallest absolute Gasteiger partial charge is 0.253 e. The minimum atomic E-state index is -0.347. The van der Waals surface area contributed by atoms with Crippen molar-refractivity contribution in [1.29, 1.82) is 0 Å². The second-order valence-electron chi connectivity index (χ2n) is 7.12. The highest BCUT2D eigenvalue weighted by Crippen LogP contribution is 2.33. The summed E-state index contributed by atoms with van der Waals surface area (Å²) in [5.41, 5.74) is 3.14. The maximum absolute atomic E-state index is 13.2. The van der Waals surface area contributed by atoms with Crippen LogP contribution in [-0.2, 0) is 0 Å². The fraction of sp³-hybridized carbons (Fsp3) is 0.261. The van der Waals surface area contributed by atoms with Crippen LogP contribution >= 0.6 is 0 Å². The first-order chi connectivity index (χ1) is 14.2. The van der Waals surface area contributed by atoms with Gasteiger partial charge in [0.25, 0.3) is 5.91 Å². The monoisotopic (exact) mass is 391 g/mol. The molecule has 3 aromatic rings. The summed E-state index contributed by atoms with van der Waals surface area (Å²) in [6.07, 6.45) is 5.19. The molecule has 0 N–H and O–H groups in total. The molecule has 1 aliphatic rings. The standard InChI is InChI=1S/C23H22FN3O2/c1-29-20-6-2-4-17(14-20)21-22(26-12-11-25-21)18-5-3-13-27(15-18)23(28)16-7-9-19(24)10-8-16/h2,4,6-12,14,18H,3,5,13,15H2,1H3. The van der Waals surface area contributed by atoms with Crippen LogP contribution in [0.25, 0.3) is 11.3 Å². The Morgan fingerprint density at radius 1 is 1.14 bits per heavy atom. The molecule has 1 atom stereocenters. The number of methoxy groups -OCH3 is 1. The van der Waals surface area contributed by atoms with Crippen molar-refractivity contribution in [1.82, 2.24) is 14.9 Å². The van der Waals surface area contributed by atoms with E-state index < -0.39 is 0 Å². The van der Waals surface area contributed by atoms with Crippen molar-refractivity contribution in [2.75, 3.05) is 20.2 Å². The zero-order chi connectivity index (χ0) is 20.2. The number of carbonyl (C=O) groups is 1. The minimum absolute atomic E-state index is 0.0819. The Morgan fingerprint density at radius 2 is 1.93 bits per heavy atom. The number of aromatic nitrogens is 2. The number of likely N-dealkylation sites (tertiary alicyclic amines) is 1. The number of piperidine rings is 1. The van der Waals surface area contributed by atoms with Crippen LogP contribution in [0.15, 0.2) is 60.9 Å². The Hall–Kier alpha value is -3.28. The van der Waals surface area contributed by atoms with Crippen molar-refractivity contribution in [2.24, 2.45) is 0 Å². The molecule has 1 aromatic heterocycles. The third-order valence-electron chi connectivity index (χ3n) is 5.26. The highest BCUT2D eigenvalue weighted by Gasteiger charge is 2.28. The van der Waals surface area contributed by atoms with Gasteiger partial charge in [-0.1, -0.05) is 12.1 Å². The van der Waals surface area contributed by atoms with Crippen LogP contribution < -0.4 is 4.74 Å². The molecule has 0 spiro atoms. The van der Waals surface area contributed by atoms with Crippen molar-refractivity contribution in [2.45, 2.75) is 18.8 Å². The molecule has 2 aromatic carbocycles. The number of nitrogens with zero attached hydrogens (tertiary/aromatic N) is 3. The molecular weight excluding hydrogens is 369 g/mol. The van der Waals surface area contributed by atoms with Crippen LogP contribution in [0.4, 0.5) is 4.39 Å². The molecule has 4 rings (SSSR count). The second kappa shape index (κ2) is 8.39. The molecule has 1 unspecified atom stereocenters. The molecule has 29 heavy (non-hydrogen) atoms. The lowest BCUT2D eigenvalue weighted by atomic mass is 9.91. The summed E-state index contributed by atoms with van der Waals surface area (Å²) in [6.45, 7) is 1.24. The van der Waals surface area contributed by atoms with E-state index in [0.29, 0.717) is 18.7 Å². The Morgan fingerprint density at radius 3 is 2.72 bits per heavy atom. The maximum Gasteiger partial charge on any atom is 0.253 e. The zero-order valence-electron chi connectivity index (χ0n) is 16.2. The van der Waals surface area contributed by atoms with Gasteiger partial charge in [0.15, 0.2) is 0 Å². The molecule has 6 heteroatoms. The quantitative estimate of drug-likeness (QED) is 0.665. The Kier molecular flexibility index (Phi) is 5.51. The van der Waals surface area contributed by atoms with Crippen LogP contribution in [-0.4, -0.2) is 41.0 Å². The van der Waals surface area contributed by atoms with E-state index in [1.54, 1.807) is 19.5 Å². The van der Waals surface area contributed by atoms with E-state index >= 15 is 0 Å². The van der Waals surface area contributed by atoms with Crippen molar-refractivity contribution >= 4 is 5.91 Å². The number of carbonyl (C=O) groups excluding carboxylic acids is 1. The van der Waals surface area contributed by atoms with Gasteiger partial charge in [0.1, 0.15) is 11.6 Å². The number of ether oxygens (including phenoxy) is 1. The van der Waals surface area contributed by atoms with Crippen LogP contribution in [0.2, 0.25) is 0 Å². The average Bonchev–Trinajstić information content (AvgIpc) is 2.79. The van der Waals surface area contributed by atoms with E-state index in [-0.39, 0.29) is 17.6 Å². The number of benzene rings is 2. The molecule has 0 radical (unpaired) electrons. The van der Waals surface area contributed by atoms with Crippen molar-refractivity contribution in [3.05, 3.63) is 78.0 Å². The molecule has 148 valence electrons. The Labute approximate surface area is 169 Å². The number of rotatable bonds is 4. The number of halogens is 1. The molecule has 1 aliphatic heterocycles. The highest BCUT2D eigenvalue weighted by atomic mass is 19.1. The minimum Gasteiger partial charge on any atom is -0.497 e. The lowest BCUT2D eigenvalue weighted by Gasteiger charge is -2.33. The van der Waals surface area contributed by atoms with Crippen molar-refractivity contribution < 1.29 is 13.9 Å². The molecule has 1 saturated heterocycles. The van der Waals surface area contributed by atoms with Crippen LogP contribution in [0.5, 0.6) is 5.75 Å². The number of amides is 1. The molecule has 2 heterocycles. The number of hydrogen-bond donors (Lipinski definition) is 0. The first-order valence-electron chi connectivity index (χ1n) is 9.66. The molecule has 0 bridgehead atoms. The molecule has 1 amide bonds. The summed E-state index contributed by atoms with van der Waals surface area (Å²) < 4.78 is 18.5. The largest absolute Gasteiger partial charge is 0.497 e. The average molecular weight is 391 g/mol. The predicted molar refractivity (Wildman–Crippen MR) is 108 cm³/mol. The molecular formula is C23H22FN3O2. The van der Waals surface area contributed by atoms with Gasteiger partial charge in [-0.05, 0) is 49.2 Å². The Balaban J connectivity index is 1.60. The number of hydrogen-bond acceptors (Lipinski definition) is 4. The van der Waals surface area contributed by atoms with Crippen molar-refractivity contribution in [3.63, 3.8) is 0 Å². The van der Waals surface area contributed by atoms with Gasteiger partial charge >= 0.3 is 0 Å². The lowest BCUT2D eigenvalue weighted by Crippen LogP contribution is -2.39.